The summed E-state index contributed by atoms with van der Waals surface area (Å²) >= 11 is 0. The van der Waals surface area contributed by atoms with Crippen molar-refractivity contribution < 1.29 is 42.9 Å². The van der Waals surface area contributed by atoms with E-state index in [9.17, 15) is 24.0 Å². The number of esters is 3. The van der Waals surface area contributed by atoms with Crippen LogP contribution in [0.4, 0.5) is 9.59 Å². The number of carbonyl (C=O) groups excluding carboxylic acids is 5. The van der Waals surface area contributed by atoms with E-state index in [0.29, 0.717) is 25.9 Å². The lowest BCUT2D eigenvalue weighted by atomic mass is 10.1. The van der Waals surface area contributed by atoms with Gasteiger partial charge in [0.05, 0.1) is 5.69 Å². The van der Waals surface area contributed by atoms with E-state index in [4.69, 9.17) is 18.9 Å². The van der Waals surface area contributed by atoms with E-state index < -0.39 is 64.5 Å². The zero-order valence-electron chi connectivity index (χ0n) is 33.7. The second-order valence-electron chi connectivity index (χ2n) is 17.0. The molecular weight excluding hydrogens is 672 g/mol. The lowest BCUT2D eigenvalue weighted by Gasteiger charge is -2.27. The first-order chi connectivity index (χ1) is 23.8. The first-order valence-electron chi connectivity index (χ1n) is 18.4. The highest BCUT2D eigenvalue weighted by molar-refractivity contribution is 5.87. The fraction of sp³-hybridized carbons (Fsp3) is 0.811. The summed E-state index contributed by atoms with van der Waals surface area (Å²) in [5, 5.41) is 16.5. The number of aromatic nitrogens is 3. The Morgan fingerprint density at radius 1 is 0.654 bits per heavy atom. The molecule has 1 heterocycles. The summed E-state index contributed by atoms with van der Waals surface area (Å²) in [4.78, 5) is 63.3. The van der Waals surface area contributed by atoms with Crippen molar-refractivity contribution in [2.75, 3.05) is 6.54 Å². The van der Waals surface area contributed by atoms with Crippen LogP contribution in [0.2, 0.25) is 0 Å². The van der Waals surface area contributed by atoms with Gasteiger partial charge in [0.1, 0.15) is 34.5 Å². The average molecular weight is 739 g/mol. The number of carbonyl (C=O) groups is 5. The molecule has 0 spiro atoms. The van der Waals surface area contributed by atoms with Crippen LogP contribution in [0.25, 0.3) is 0 Å². The highest BCUT2D eigenvalue weighted by Gasteiger charge is 2.31. The number of hydrogen-bond donors (Lipinski definition) is 3. The Balaban J connectivity index is 2.68. The van der Waals surface area contributed by atoms with Gasteiger partial charge in [0.2, 0.25) is 0 Å². The quantitative estimate of drug-likeness (QED) is 0.0868. The molecular formula is C37H66N6O9. The Kier molecular flexibility index (Phi) is 18.6. The van der Waals surface area contributed by atoms with E-state index in [-0.39, 0.29) is 19.3 Å². The maximum absolute atomic E-state index is 13.2. The molecule has 2 atom stereocenters. The van der Waals surface area contributed by atoms with E-state index in [0.717, 1.165) is 37.8 Å². The average Bonchev–Trinajstić information content (AvgIpc) is 3.40. The van der Waals surface area contributed by atoms with Gasteiger partial charge in [-0.25, -0.2) is 19.2 Å². The molecule has 0 radical (unpaired) electrons. The second kappa shape index (κ2) is 21.0. The Morgan fingerprint density at radius 3 is 1.71 bits per heavy atom. The summed E-state index contributed by atoms with van der Waals surface area (Å²) in [6.45, 7) is 22.2. The summed E-state index contributed by atoms with van der Waals surface area (Å²) in [5.41, 5.74) is -1.93. The summed E-state index contributed by atoms with van der Waals surface area (Å²) in [6.07, 6.45) is 7.41. The van der Waals surface area contributed by atoms with Crippen LogP contribution in [0.15, 0.2) is 6.20 Å². The van der Waals surface area contributed by atoms with Gasteiger partial charge in [-0.15, -0.1) is 5.10 Å². The number of hydrogen-bond acceptors (Lipinski definition) is 11. The largest absolute Gasteiger partial charge is 0.460 e. The summed E-state index contributed by atoms with van der Waals surface area (Å²) in [6, 6.07) is -2.92. The lowest BCUT2D eigenvalue weighted by molar-refractivity contribution is -0.159. The van der Waals surface area contributed by atoms with E-state index >= 15 is 0 Å². The predicted octanol–water partition coefficient (Wildman–Crippen LogP) is 5.92. The number of nitrogens with zero attached hydrogens (tertiary/aromatic N) is 3. The lowest BCUT2D eigenvalue weighted by Crippen LogP contribution is -2.53. The van der Waals surface area contributed by atoms with Crippen LogP contribution < -0.4 is 16.0 Å². The van der Waals surface area contributed by atoms with Crippen LogP contribution in [-0.4, -0.2) is 86.1 Å². The third kappa shape index (κ3) is 23.5. The minimum Gasteiger partial charge on any atom is -0.460 e. The van der Waals surface area contributed by atoms with Crippen LogP contribution in [-0.2, 0) is 46.3 Å². The fourth-order valence-electron chi connectivity index (χ4n) is 4.73. The SMILES string of the molecule is CC(C)(C)OC(=O)CC[C@H](NC(=O)N[C@@H](CCCCn1cc(CCCCCCNC(=O)OC(C)(C)C)nn1)C(=O)OC(C)(C)C)C(=O)OC(C)(C)C. The Labute approximate surface area is 310 Å². The van der Waals surface area contributed by atoms with Crippen molar-refractivity contribution >= 4 is 30.0 Å². The number of amides is 3. The van der Waals surface area contributed by atoms with Gasteiger partial charge in [-0.2, -0.15) is 0 Å². The van der Waals surface area contributed by atoms with Crippen molar-refractivity contribution in [3.05, 3.63) is 11.9 Å². The third-order valence-corrected chi connectivity index (χ3v) is 6.79. The van der Waals surface area contributed by atoms with Crippen molar-refractivity contribution in [3.8, 4) is 0 Å². The first kappa shape index (κ1) is 46.1. The van der Waals surface area contributed by atoms with Crippen molar-refractivity contribution in [1.29, 1.82) is 0 Å². The van der Waals surface area contributed by atoms with Crippen LogP contribution >= 0.6 is 0 Å². The van der Waals surface area contributed by atoms with Crippen molar-refractivity contribution in [2.24, 2.45) is 0 Å². The van der Waals surface area contributed by atoms with E-state index in [1.807, 2.05) is 27.0 Å². The molecule has 0 aliphatic rings. The standard InChI is InChI=1S/C37H66N6O9/c1-34(2,3)49-29(44)22-21-28(31(46)51-36(7,8)9)40-32(47)39-27(30(45)50-35(4,5)6)20-16-18-24-43-25-26(41-42-43)19-15-13-14-17-23-38-33(48)52-37(10,11)12/h25,27-28H,13-24H2,1-12H3,(H,38,48)(H2,39,40,47)/t27-,28-/m0/s1. The van der Waals surface area contributed by atoms with Gasteiger partial charge in [0, 0.05) is 25.7 Å². The number of nitrogens with one attached hydrogen (secondary N) is 3. The minimum atomic E-state index is -1.16. The number of urea groups is 1. The highest BCUT2D eigenvalue weighted by Crippen LogP contribution is 2.16. The number of rotatable bonds is 19. The van der Waals surface area contributed by atoms with Gasteiger partial charge in [-0.05, 0) is 128 Å². The van der Waals surface area contributed by atoms with Gasteiger partial charge in [0.25, 0.3) is 0 Å². The van der Waals surface area contributed by atoms with Crippen LogP contribution in [0, 0.1) is 0 Å². The Hall–Kier alpha value is -3.91. The first-order valence-corrected chi connectivity index (χ1v) is 18.4. The maximum Gasteiger partial charge on any atom is 0.407 e. The Bertz CT molecular complexity index is 1290. The van der Waals surface area contributed by atoms with Gasteiger partial charge >= 0.3 is 30.0 Å². The van der Waals surface area contributed by atoms with Gasteiger partial charge in [-0.1, -0.05) is 18.1 Å². The van der Waals surface area contributed by atoms with Crippen LogP contribution in [0.5, 0.6) is 0 Å². The van der Waals surface area contributed by atoms with Crippen molar-refractivity contribution in [1.82, 2.24) is 30.9 Å². The van der Waals surface area contributed by atoms with Crippen LogP contribution in [0.3, 0.4) is 0 Å². The molecule has 52 heavy (non-hydrogen) atoms. The number of unbranched alkanes of at least 4 members (excludes halogenated alkanes) is 4. The van der Waals surface area contributed by atoms with E-state index in [2.05, 4.69) is 26.3 Å². The topological polar surface area (TPSA) is 189 Å². The summed E-state index contributed by atoms with van der Waals surface area (Å²) < 4.78 is 23.4. The van der Waals surface area contributed by atoms with E-state index in [1.165, 1.54) is 0 Å². The smallest absolute Gasteiger partial charge is 0.407 e. The zero-order chi connectivity index (χ0) is 39.8. The molecule has 0 saturated heterocycles. The normalized spacial score (nSPS) is 13.4. The molecule has 15 nitrogen and oxygen atoms in total. The third-order valence-electron chi connectivity index (χ3n) is 6.79. The molecule has 1 rings (SSSR count). The second-order valence-corrected chi connectivity index (χ2v) is 17.0. The maximum atomic E-state index is 13.2. The molecule has 0 aliphatic carbocycles. The zero-order valence-corrected chi connectivity index (χ0v) is 33.7. The summed E-state index contributed by atoms with van der Waals surface area (Å²) in [7, 11) is 0. The molecule has 0 aromatic carbocycles. The molecule has 0 fully saturated rings. The molecule has 3 amide bonds. The van der Waals surface area contributed by atoms with Crippen molar-refractivity contribution in [3.63, 3.8) is 0 Å². The molecule has 15 heteroatoms. The Morgan fingerprint density at radius 2 is 1.17 bits per heavy atom. The highest BCUT2D eigenvalue weighted by atomic mass is 16.6. The minimum absolute atomic E-state index is 0.0540. The molecule has 1 aromatic rings. The van der Waals surface area contributed by atoms with Gasteiger partial charge in [-0.3, -0.25) is 9.48 Å². The number of ether oxygens (including phenoxy) is 4. The van der Waals surface area contributed by atoms with Crippen LogP contribution in [0.1, 0.15) is 147 Å². The monoisotopic (exact) mass is 738 g/mol. The molecule has 1 aromatic heterocycles. The molecule has 298 valence electrons. The van der Waals surface area contributed by atoms with Crippen molar-refractivity contribution in [2.45, 2.75) is 188 Å². The number of alkyl carbamates (subject to hydrolysis) is 1. The number of aryl methyl sites for hydroxylation is 2. The molecule has 0 unspecified atom stereocenters. The summed E-state index contributed by atoms with van der Waals surface area (Å²) in [5.74, 6) is -1.83. The fourth-order valence-corrected chi connectivity index (χ4v) is 4.73. The molecule has 0 aliphatic heterocycles. The van der Waals surface area contributed by atoms with E-state index in [1.54, 1.807) is 67.0 Å². The van der Waals surface area contributed by atoms with Gasteiger partial charge in [0.15, 0.2) is 0 Å². The molecule has 0 bridgehead atoms. The molecule has 3 N–H and O–H groups in total. The van der Waals surface area contributed by atoms with Gasteiger partial charge < -0.3 is 34.9 Å². The predicted molar refractivity (Wildman–Crippen MR) is 196 cm³/mol. The molecule has 0 saturated carbocycles.